The number of nitriles is 1. The van der Waals surface area contributed by atoms with Gasteiger partial charge >= 0.3 is 0 Å². The highest BCUT2D eigenvalue weighted by molar-refractivity contribution is 9.10. The van der Waals surface area contributed by atoms with Crippen molar-refractivity contribution in [3.8, 4) is 6.07 Å². The van der Waals surface area contributed by atoms with Crippen molar-refractivity contribution in [2.45, 2.75) is 18.3 Å². The number of carbonyl (C=O) groups excluding carboxylic acids is 1. The fourth-order valence-electron chi connectivity index (χ4n) is 3.89. The molecule has 0 aliphatic carbocycles. The lowest BCUT2D eigenvalue weighted by atomic mass is 9.78. The molecule has 0 amide bonds. The van der Waals surface area contributed by atoms with E-state index in [0.29, 0.717) is 10.6 Å². The first-order valence-corrected chi connectivity index (χ1v) is 11.1. The Kier molecular flexibility index (Phi) is 6.51. The number of carbonyl (C=O) groups is 1. The van der Waals surface area contributed by atoms with E-state index in [9.17, 15) is 10.1 Å². The van der Waals surface area contributed by atoms with Gasteiger partial charge in [0.25, 0.3) is 0 Å². The Labute approximate surface area is 195 Å². The smallest absolute Gasteiger partial charge is 0.163 e. The molecule has 0 aliphatic heterocycles. The predicted octanol–water partition coefficient (Wildman–Crippen LogP) is 7.92. The normalized spacial score (nSPS) is 12.8. The van der Waals surface area contributed by atoms with Crippen LogP contribution in [0.2, 0.25) is 5.02 Å². The molecule has 0 spiro atoms. The lowest BCUT2D eigenvalue weighted by Crippen LogP contribution is -2.15. The molecule has 31 heavy (non-hydrogen) atoms. The Bertz CT molecular complexity index is 1260. The van der Waals surface area contributed by atoms with Crippen LogP contribution in [-0.4, -0.2) is 5.78 Å². The van der Waals surface area contributed by atoms with Crippen LogP contribution in [0.3, 0.4) is 0 Å². The number of hydrogen-bond donors (Lipinski definition) is 0. The maximum atomic E-state index is 13.3. The molecule has 2 unspecified atom stereocenters. The fourth-order valence-corrected chi connectivity index (χ4v) is 4.28. The van der Waals surface area contributed by atoms with Crippen molar-refractivity contribution >= 4 is 44.1 Å². The summed E-state index contributed by atoms with van der Waals surface area (Å²) in [6.45, 7) is 0. The minimum atomic E-state index is -0.460. The average Bonchev–Trinajstić information content (AvgIpc) is 2.80. The maximum absolute atomic E-state index is 13.3. The molecule has 4 aromatic carbocycles. The van der Waals surface area contributed by atoms with Crippen LogP contribution in [0.4, 0.5) is 0 Å². The molecule has 0 radical (unpaired) electrons. The van der Waals surface area contributed by atoms with E-state index in [4.69, 9.17) is 11.6 Å². The standard InChI is InChI=1S/C27H19BrClNO/c28-23-11-7-20(8-12-23)26(17-30)25(19-9-13-24(29)14-10-19)16-27(31)22-6-5-18-3-1-2-4-21(18)15-22/h1-15,25-26H,16H2. The summed E-state index contributed by atoms with van der Waals surface area (Å²) in [4.78, 5) is 13.3. The van der Waals surface area contributed by atoms with E-state index in [1.165, 1.54) is 0 Å². The Morgan fingerprint density at radius 2 is 1.52 bits per heavy atom. The lowest BCUT2D eigenvalue weighted by Gasteiger charge is -2.23. The van der Waals surface area contributed by atoms with Crippen LogP contribution in [0.25, 0.3) is 10.8 Å². The zero-order valence-electron chi connectivity index (χ0n) is 16.6. The van der Waals surface area contributed by atoms with Gasteiger partial charge in [0.2, 0.25) is 0 Å². The second kappa shape index (κ2) is 9.47. The lowest BCUT2D eigenvalue weighted by molar-refractivity contribution is 0.0972. The molecular weight excluding hydrogens is 470 g/mol. The van der Waals surface area contributed by atoms with Crippen LogP contribution in [0, 0.1) is 11.3 Å². The number of fused-ring (bicyclic) bond motifs is 1. The van der Waals surface area contributed by atoms with Gasteiger partial charge in [-0.05, 0) is 52.2 Å². The third-order valence-electron chi connectivity index (χ3n) is 5.55. The average molecular weight is 489 g/mol. The van der Waals surface area contributed by atoms with Gasteiger partial charge in [-0.1, -0.05) is 88.2 Å². The first-order chi connectivity index (χ1) is 15.0. The summed E-state index contributed by atoms with van der Waals surface area (Å²) in [5, 5.41) is 12.8. The minimum Gasteiger partial charge on any atom is -0.294 e. The Morgan fingerprint density at radius 3 is 2.19 bits per heavy atom. The van der Waals surface area contributed by atoms with Crippen LogP contribution in [0.5, 0.6) is 0 Å². The SMILES string of the molecule is N#CC(c1ccc(Br)cc1)C(CC(=O)c1ccc2ccccc2c1)c1ccc(Cl)cc1. The van der Waals surface area contributed by atoms with Gasteiger partial charge in [0.05, 0.1) is 12.0 Å². The van der Waals surface area contributed by atoms with Gasteiger partial charge in [-0.15, -0.1) is 0 Å². The molecule has 0 aromatic heterocycles. The molecule has 0 aliphatic rings. The fraction of sp³-hybridized carbons (Fsp3) is 0.111. The van der Waals surface area contributed by atoms with Crippen LogP contribution < -0.4 is 0 Å². The van der Waals surface area contributed by atoms with E-state index in [2.05, 4.69) is 22.0 Å². The molecule has 0 saturated heterocycles. The first-order valence-electron chi connectivity index (χ1n) is 9.97. The molecule has 2 nitrogen and oxygen atoms in total. The van der Waals surface area contributed by atoms with Crippen molar-refractivity contribution in [2.24, 2.45) is 0 Å². The second-order valence-electron chi connectivity index (χ2n) is 7.51. The summed E-state index contributed by atoms with van der Waals surface area (Å²) in [6, 6.07) is 31.3. The van der Waals surface area contributed by atoms with Crippen molar-refractivity contribution in [1.29, 1.82) is 5.26 Å². The third-order valence-corrected chi connectivity index (χ3v) is 6.33. The van der Waals surface area contributed by atoms with Gasteiger partial charge in [0, 0.05) is 27.4 Å². The van der Waals surface area contributed by atoms with Crippen LogP contribution in [0.15, 0.2) is 95.5 Å². The number of ketones is 1. The molecule has 4 rings (SSSR count). The number of benzene rings is 4. The number of hydrogen-bond acceptors (Lipinski definition) is 2. The maximum Gasteiger partial charge on any atom is 0.163 e. The largest absolute Gasteiger partial charge is 0.294 e. The van der Waals surface area contributed by atoms with Crippen molar-refractivity contribution in [2.75, 3.05) is 0 Å². The van der Waals surface area contributed by atoms with Gasteiger partial charge < -0.3 is 0 Å². The highest BCUT2D eigenvalue weighted by Gasteiger charge is 2.28. The zero-order valence-corrected chi connectivity index (χ0v) is 19.0. The highest BCUT2D eigenvalue weighted by Crippen LogP contribution is 2.37. The van der Waals surface area contributed by atoms with Crippen molar-refractivity contribution in [3.63, 3.8) is 0 Å². The second-order valence-corrected chi connectivity index (χ2v) is 8.86. The summed E-state index contributed by atoms with van der Waals surface area (Å²) >= 11 is 9.53. The molecule has 152 valence electrons. The molecule has 0 saturated carbocycles. The Balaban J connectivity index is 1.71. The van der Waals surface area contributed by atoms with Crippen LogP contribution >= 0.6 is 27.5 Å². The summed E-state index contributed by atoms with van der Waals surface area (Å²) in [7, 11) is 0. The number of Topliss-reactive ketones (excluding diaryl/α,β-unsaturated/α-hetero) is 1. The topological polar surface area (TPSA) is 40.9 Å². The minimum absolute atomic E-state index is 0.0167. The monoisotopic (exact) mass is 487 g/mol. The van der Waals surface area contributed by atoms with E-state index < -0.39 is 5.92 Å². The molecule has 0 fully saturated rings. The first kappa shape index (κ1) is 21.3. The molecule has 0 heterocycles. The zero-order chi connectivity index (χ0) is 21.8. The van der Waals surface area contributed by atoms with Crippen molar-refractivity contribution < 1.29 is 4.79 Å². The molecular formula is C27H19BrClNO. The Hall–Kier alpha value is -2.93. The molecule has 2 atom stereocenters. The van der Waals surface area contributed by atoms with E-state index >= 15 is 0 Å². The van der Waals surface area contributed by atoms with Gasteiger partial charge in [0.1, 0.15) is 0 Å². The molecule has 4 heteroatoms. The van der Waals surface area contributed by atoms with Crippen molar-refractivity contribution in [3.05, 3.63) is 117 Å². The predicted molar refractivity (Wildman–Crippen MR) is 130 cm³/mol. The Morgan fingerprint density at radius 1 is 0.871 bits per heavy atom. The number of rotatable bonds is 6. The van der Waals surface area contributed by atoms with E-state index in [0.717, 1.165) is 26.4 Å². The van der Waals surface area contributed by atoms with E-state index in [-0.39, 0.29) is 18.1 Å². The van der Waals surface area contributed by atoms with Crippen LogP contribution in [0.1, 0.15) is 39.7 Å². The quantitative estimate of drug-likeness (QED) is 0.259. The number of nitrogens with zero attached hydrogens (tertiary/aromatic N) is 1. The van der Waals surface area contributed by atoms with E-state index in [1.54, 1.807) is 12.1 Å². The van der Waals surface area contributed by atoms with Crippen molar-refractivity contribution in [1.82, 2.24) is 0 Å². The van der Waals surface area contributed by atoms with Gasteiger partial charge in [0.15, 0.2) is 5.78 Å². The van der Waals surface area contributed by atoms with E-state index in [1.807, 2.05) is 78.9 Å². The summed E-state index contributed by atoms with van der Waals surface area (Å²) in [6.07, 6.45) is 0.230. The summed E-state index contributed by atoms with van der Waals surface area (Å²) in [5.74, 6) is -0.732. The van der Waals surface area contributed by atoms with Gasteiger partial charge in [-0.3, -0.25) is 4.79 Å². The highest BCUT2D eigenvalue weighted by atomic mass is 79.9. The summed E-state index contributed by atoms with van der Waals surface area (Å²) in [5.41, 5.74) is 2.47. The third kappa shape index (κ3) is 4.88. The molecule has 0 bridgehead atoms. The van der Waals surface area contributed by atoms with Crippen LogP contribution in [-0.2, 0) is 0 Å². The van der Waals surface area contributed by atoms with Gasteiger partial charge in [-0.2, -0.15) is 5.26 Å². The number of halogens is 2. The molecule has 4 aromatic rings. The van der Waals surface area contributed by atoms with Gasteiger partial charge in [-0.25, -0.2) is 0 Å². The summed E-state index contributed by atoms with van der Waals surface area (Å²) < 4.78 is 0.947. The molecule has 0 N–H and O–H groups in total.